The lowest BCUT2D eigenvalue weighted by atomic mass is 10.1. The minimum Gasteiger partial charge on any atom is -0.296 e. The molecule has 0 unspecified atom stereocenters. The monoisotopic (exact) mass is 364 g/mol. The summed E-state index contributed by atoms with van der Waals surface area (Å²) in [6.45, 7) is 2.43. The molecule has 0 fully saturated rings. The van der Waals surface area contributed by atoms with Gasteiger partial charge in [-0.05, 0) is 24.6 Å². The molecule has 0 saturated carbocycles. The maximum atomic E-state index is 12.9. The first kappa shape index (κ1) is 16.4. The minimum absolute atomic E-state index is 0.181. The zero-order valence-corrected chi connectivity index (χ0v) is 14.9. The largest absolute Gasteiger partial charge is 0.296 e. The summed E-state index contributed by atoms with van der Waals surface area (Å²) in [5, 5.41) is 8.67. The molecule has 2 aromatic heterocycles. The summed E-state index contributed by atoms with van der Waals surface area (Å²) in [7, 11) is 0. The number of nitrogens with one attached hydrogen (secondary N) is 1. The average Bonchev–Trinajstić information content (AvgIpc) is 3.06. The van der Waals surface area contributed by atoms with Crippen LogP contribution in [0.15, 0.2) is 53.3 Å². The van der Waals surface area contributed by atoms with Crippen LogP contribution in [0.5, 0.6) is 0 Å². The molecule has 4 aromatic rings. The standard InChI is InChI=1S/C19H16N4O2S/c1-2-11-23-18(25)13-8-4-3-7-12(13)16(22-23)17(24)21-19-20-14-9-5-6-10-15(14)26-19/h3-10H,2,11H2,1H3,(H,20,21,24). The van der Waals surface area contributed by atoms with Crippen molar-refractivity contribution in [2.24, 2.45) is 0 Å². The SMILES string of the molecule is CCCn1nc(C(=O)Nc2nc3ccccc3s2)c2ccccc2c1=O. The lowest BCUT2D eigenvalue weighted by Crippen LogP contribution is -2.27. The second-order valence-electron chi connectivity index (χ2n) is 5.86. The topological polar surface area (TPSA) is 76.9 Å². The Kier molecular flexibility index (Phi) is 4.22. The number of para-hydroxylation sites is 1. The summed E-state index contributed by atoms with van der Waals surface area (Å²) >= 11 is 1.40. The number of hydrogen-bond donors (Lipinski definition) is 1. The highest BCUT2D eigenvalue weighted by atomic mass is 32.1. The summed E-state index contributed by atoms with van der Waals surface area (Å²) < 4.78 is 2.35. The van der Waals surface area contributed by atoms with Crippen LogP contribution in [-0.2, 0) is 6.54 Å². The molecule has 0 spiro atoms. The summed E-state index contributed by atoms with van der Waals surface area (Å²) in [6.07, 6.45) is 0.754. The second kappa shape index (κ2) is 6.68. The predicted octanol–water partition coefficient (Wildman–Crippen LogP) is 3.67. The molecular weight excluding hydrogens is 348 g/mol. The van der Waals surface area contributed by atoms with Crippen LogP contribution >= 0.6 is 11.3 Å². The molecule has 7 heteroatoms. The molecule has 0 radical (unpaired) electrons. The highest BCUT2D eigenvalue weighted by Gasteiger charge is 2.18. The van der Waals surface area contributed by atoms with E-state index < -0.39 is 0 Å². The van der Waals surface area contributed by atoms with Gasteiger partial charge in [-0.1, -0.05) is 48.6 Å². The van der Waals surface area contributed by atoms with Crippen LogP contribution in [0.4, 0.5) is 5.13 Å². The van der Waals surface area contributed by atoms with Gasteiger partial charge in [0.2, 0.25) is 0 Å². The van der Waals surface area contributed by atoms with E-state index in [1.165, 1.54) is 16.0 Å². The van der Waals surface area contributed by atoms with Crippen molar-refractivity contribution < 1.29 is 4.79 Å². The van der Waals surface area contributed by atoms with Gasteiger partial charge in [-0.2, -0.15) is 5.10 Å². The third-order valence-corrected chi connectivity index (χ3v) is 4.98. The van der Waals surface area contributed by atoms with Crippen molar-refractivity contribution in [2.45, 2.75) is 19.9 Å². The Morgan fingerprint density at radius 2 is 1.85 bits per heavy atom. The van der Waals surface area contributed by atoms with Crippen molar-refractivity contribution >= 4 is 43.4 Å². The summed E-state index contributed by atoms with van der Waals surface area (Å²) in [6, 6.07) is 14.7. The van der Waals surface area contributed by atoms with Gasteiger partial charge in [-0.15, -0.1) is 0 Å². The third kappa shape index (κ3) is 2.86. The van der Waals surface area contributed by atoms with Crippen LogP contribution in [0.1, 0.15) is 23.8 Å². The number of fused-ring (bicyclic) bond motifs is 2. The quantitative estimate of drug-likeness (QED) is 0.599. The first-order valence-corrected chi connectivity index (χ1v) is 9.16. The van der Waals surface area contributed by atoms with E-state index in [9.17, 15) is 9.59 Å². The van der Waals surface area contributed by atoms with E-state index in [-0.39, 0.29) is 17.2 Å². The van der Waals surface area contributed by atoms with Gasteiger partial charge in [0.1, 0.15) is 0 Å². The summed E-state index contributed by atoms with van der Waals surface area (Å²) in [4.78, 5) is 29.8. The molecule has 0 aliphatic rings. The van der Waals surface area contributed by atoms with E-state index >= 15 is 0 Å². The Hall–Kier alpha value is -3.06. The van der Waals surface area contributed by atoms with Crippen LogP contribution in [0, 0.1) is 0 Å². The van der Waals surface area contributed by atoms with Gasteiger partial charge in [0.15, 0.2) is 10.8 Å². The Balaban J connectivity index is 1.78. The van der Waals surface area contributed by atoms with Crippen LogP contribution < -0.4 is 10.9 Å². The number of aromatic nitrogens is 3. The second-order valence-corrected chi connectivity index (χ2v) is 6.89. The van der Waals surface area contributed by atoms with E-state index in [0.717, 1.165) is 16.6 Å². The van der Waals surface area contributed by atoms with Gasteiger partial charge >= 0.3 is 0 Å². The molecule has 0 saturated heterocycles. The average molecular weight is 364 g/mol. The highest BCUT2D eigenvalue weighted by Crippen LogP contribution is 2.26. The molecule has 130 valence electrons. The molecule has 26 heavy (non-hydrogen) atoms. The Morgan fingerprint density at radius 1 is 1.12 bits per heavy atom. The van der Waals surface area contributed by atoms with Gasteiger partial charge in [-0.25, -0.2) is 9.67 Å². The van der Waals surface area contributed by atoms with Crippen molar-refractivity contribution in [3.8, 4) is 0 Å². The molecule has 2 heterocycles. The number of hydrogen-bond acceptors (Lipinski definition) is 5. The maximum Gasteiger partial charge on any atom is 0.278 e. The van der Waals surface area contributed by atoms with E-state index in [2.05, 4.69) is 15.4 Å². The Morgan fingerprint density at radius 3 is 2.62 bits per heavy atom. The number of nitrogens with zero attached hydrogens (tertiary/aromatic N) is 3. The van der Waals surface area contributed by atoms with Gasteiger partial charge in [0.25, 0.3) is 11.5 Å². The lowest BCUT2D eigenvalue weighted by Gasteiger charge is -2.09. The zero-order chi connectivity index (χ0) is 18.1. The van der Waals surface area contributed by atoms with Crippen LogP contribution in [-0.4, -0.2) is 20.7 Å². The van der Waals surface area contributed by atoms with Crippen molar-refractivity contribution in [2.75, 3.05) is 5.32 Å². The fourth-order valence-corrected chi connectivity index (χ4v) is 3.71. The Labute approximate surface area is 153 Å². The van der Waals surface area contributed by atoms with Crippen molar-refractivity contribution in [1.82, 2.24) is 14.8 Å². The van der Waals surface area contributed by atoms with Crippen molar-refractivity contribution in [3.05, 3.63) is 64.6 Å². The number of carbonyl (C=O) groups excluding carboxylic acids is 1. The first-order valence-electron chi connectivity index (χ1n) is 8.34. The van der Waals surface area contributed by atoms with E-state index in [0.29, 0.717) is 22.4 Å². The van der Waals surface area contributed by atoms with E-state index in [1.54, 1.807) is 24.3 Å². The van der Waals surface area contributed by atoms with Crippen molar-refractivity contribution in [1.29, 1.82) is 0 Å². The molecule has 0 atom stereocenters. The number of thiazole rings is 1. The number of carbonyl (C=O) groups is 1. The molecule has 1 N–H and O–H groups in total. The number of amides is 1. The molecule has 1 amide bonds. The van der Waals surface area contributed by atoms with Gasteiger partial charge < -0.3 is 0 Å². The van der Waals surface area contributed by atoms with Gasteiger partial charge in [-0.3, -0.25) is 14.9 Å². The fourth-order valence-electron chi connectivity index (χ4n) is 2.85. The molecule has 4 rings (SSSR count). The molecular formula is C19H16N4O2S. The number of benzene rings is 2. The number of rotatable bonds is 4. The van der Waals surface area contributed by atoms with E-state index in [4.69, 9.17) is 0 Å². The lowest BCUT2D eigenvalue weighted by molar-refractivity contribution is 0.102. The summed E-state index contributed by atoms with van der Waals surface area (Å²) in [5.41, 5.74) is 0.883. The van der Waals surface area contributed by atoms with Crippen LogP contribution in [0.3, 0.4) is 0 Å². The normalized spacial score (nSPS) is 11.1. The third-order valence-electron chi connectivity index (χ3n) is 4.03. The molecule has 0 aliphatic heterocycles. The van der Waals surface area contributed by atoms with Crippen molar-refractivity contribution in [3.63, 3.8) is 0 Å². The Bertz CT molecular complexity index is 1150. The highest BCUT2D eigenvalue weighted by molar-refractivity contribution is 7.22. The zero-order valence-electron chi connectivity index (χ0n) is 14.1. The molecule has 6 nitrogen and oxygen atoms in total. The first-order chi connectivity index (χ1) is 12.7. The fraction of sp³-hybridized carbons (Fsp3) is 0.158. The number of anilines is 1. The number of aryl methyl sites for hydroxylation is 1. The van der Waals surface area contributed by atoms with Gasteiger partial charge in [0.05, 0.1) is 15.6 Å². The van der Waals surface area contributed by atoms with Gasteiger partial charge in [0, 0.05) is 11.9 Å². The molecule has 2 aromatic carbocycles. The van der Waals surface area contributed by atoms with Crippen LogP contribution in [0.25, 0.3) is 21.0 Å². The van der Waals surface area contributed by atoms with Crippen LogP contribution in [0.2, 0.25) is 0 Å². The maximum absolute atomic E-state index is 12.9. The summed E-state index contributed by atoms with van der Waals surface area (Å²) in [5.74, 6) is -0.370. The minimum atomic E-state index is -0.370. The molecule has 0 aliphatic carbocycles. The smallest absolute Gasteiger partial charge is 0.278 e. The predicted molar refractivity (Wildman–Crippen MR) is 104 cm³/mol. The van der Waals surface area contributed by atoms with E-state index in [1.807, 2.05) is 31.2 Å². The molecule has 0 bridgehead atoms.